The van der Waals surface area contributed by atoms with Crippen LogP contribution in [0.5, 0.6) is 0 Å². The third kappa shape index (κ3) is 3.62. The number of piperidine rings is 1. The lowest BCUT2D eigenvalue weighted by atomic mass is 10.0. The Morgan fingerprint density at radius 3 is 2.38 bits per heavy atom. The van der Waals surface area contributed by atoms with E-state index >= 15 is 0 Å². The molecule has 0 N–H and O–H groups in total. The number of aromatic nitrogens is 2. The Morgan fingerprint density at radius 1 is 1.04 bits per heavy atom. The number of hydrogen-bond donors (Lipinski definition) is 0. The molecule has 0 aliphatic carbocycles. The van der Waals surface area contributed by atoms with E-state index in [1.807, 2.05) is 11.8 Å². The first-order valence-corrected chi connectivity index (χ1v) is 9.36. The van der Waals surface area contributed by atoms with Crippen LogP contribution in [0.25, 0.3) is 0 Å². The van der Waals surface area contributed by atoms with Gasteiger partial charge >= 0.3 is 0 Å². The number of carbonyl (C=O) groups is 1. The number of carbonyl (C=O) groups excluding carboxylic acids is 1. The summed E-state index contributed by atoms with van der Waals surface area (Å²) in [5.74, 6) is 2.17. The number of piperazine rings is 1. The van der Waals surface area contributed by atoms with Gasteiger partial charge in [0.15, 0.2) is 11.6 Å². The van der Waals surface area contributed by atoms with Crippen LogP contribution < -0.4 is 9.80 Å². The molecule has 2 aliphatic heterocycles. The number of anilines is 2. The van der Waals surface area contributed by atoms with E-state index in [1.165, 1.54) is 19.3 Å². The molecule has 3 heterocycles. The van der Waals surface area contributed by atoms with Crippen LogP contribution in [0.2, 0.25) is 0 Å². The highest BCUT2D eigenvalue weighted by Gasteiger charge is 2.24. The smallest absolute Gasteiger partial charge is 0.222 e. The molecule has 3 rings (SSSR count). The van der Waals surface area contributed by atoms with Crippen LogP contribution in [0, 0.1) is 0 Å². The van der Waals surface area contributed by atoms with Crippen LogP contribution in [0.1, 0.15) is 46.0 Å². The van der Waals surface area contributed by atoms with Crippen LogP contribution in [0.15, 0.2) is 12.1 Å². The minimum Gasteiger partial charge on any atom is -0.352 e. The van der Waals surface area contributed by atoms with Crippen molar-refractivity contribution in [2.45, 2.75) is 52.0 Å². The maximum atomic E-state index is 11.8. The molecule has 0 aromatic carbocycles. The molecule has 0 radical (unpaired) electrons. The van der Waals surface area contributed by atoms with Gasteiger partial charge < -0.3 is 14.7 Å². The van der Waals surface area contributed by atoms with Crippen LogP contribution in [-0.2, 0) is 4.79 Å². The van der Waals surface area contributed by atoms with Gasteiger partial charge in [-0.15, -0.1) is 10.2 Å². The number of hydrogen-bond acceptors (Lipinski definition) is 5. The Hall–Kier alpha value is -1.85. The molecule has 1 atom stereocenters. The van der Waals surface area contributed by atoms with E-state index in [1.54, 1.807) is 0 Å². The van der Waals surface area contributed by atoms with Crippen molar-refractivity contribution in [1.82, 2.24) is 15.1 Å². The molecule has 1 amide bonds. The Labute approximate surface area is 144 Å². The molecular weight excluding hydrogens is 302 g/mol. The molecule has 1 aromatic rings. The van der Waals surface area contributed by atoms with Gasteiger partial charge in [0.1, 0.15) is 0 Å². The average molecular weight is 331 g/mol. The second-order valence-electron chi connectivity index (χ2n) is 6.72. The average Bonchev–Trinajstić information content (AvgIpc) is 2.67. The quantitative estimate of drug-likeness (QED) is 0.847. The minimum absolute atomic E-state index is 0.242. The van der Waals surface area contributed by atoms with Crippen LogP contribution in [-0.4, -0.2) is 59.8 Å². The lowest BCUT2D eigenvalue weighted by Crippen LogP contribution is -2.49. The highest BCUT2D eigenvalue weighted by molar-refractivity contribution is 5.76. The van der Waals surface area contributed by atoms with Gasteiger partial charge in [0, 0.05) is 45.2 Å². The molecule has 6 heteroatoms. The number of amides is 1. The predicted octanol–water partition coefficient (Wildman–Crippen LogP) is 2.30. The summed E-state index contributed by atoms with van der Waals surface area (Å²) < 4.78 is 0. The zero-order valence-electron chi connectivity index (χ0n) is 14.9. The van der Waals surface area contributed by atoms with E-state index in [0.717, 1.165) is 50.8 Å². The topological polar surface area (TPSA) is 52.6 Å². The molecule has 0 spiro atoms. The molecule has 2 saturated heterocycles. The number of rotatable bonds is 4. The fourth-order valence-corrected chi connectivity index (χ4v) is 3.78. The van der Waals surface area contributed by atoms with Crippen molar-refractivity contribution >= 4 is 17.5 Å². The van der Waals surface area contributed by atoms with E-state index in [0.29, 0.717) is 12.5 Å². The molecule has 1 aromatic heterocycles. The first kappa shape index (κ1) is 17.0. The Bertz CT molecular complexity index is 539. The summed E-state index contributed by atoms with van der Waals surface area (Å²) in [4.78, 5) is 18.3. The summed E-state index contributed by atoms with van der Waals surface area (Å²) in [6, 6.07) is 4.79. The van der Waals surface area contributed by atoms with Gasteiger partial charge in [-0.2, -0.15) is 0 Å². The fraction of sp³-hybridized carbons (Fsp3) is 0.722. The van der Waals surface area contributed by atoms with Crippen molar-refractivity contribution < 1.29 is 4.79 Å². The predicted molar refractivity (Wildman–Crippen MR) is 96.4 cm³/mol. The van der Waals surface area contributed by atoms with Gasteiger partial charge in [0.05, 0.1) is 0 Å². The molecule has 132 valence electrons. The standard InChI is InChI=1S/C18H29N5O/c1-3-15-7-5-6-10-23(15)17-9-8-16(19-20-17)21-11-13-22(14-12-21)18(24)4-2/h8-9,15H,3-7,10-14H2,1-2H3. The molecule has 2 aliphatic rings. The zero-order valence-corrected chi connectivity index (χ0v) is 14.9. The molecule has 0 saturated carbocycles. The van der Waals surface area contributed by atoms with Gasteiger partial charge in [-0.1, -0.05) is 13.8 Å². The van der Waals surface area contributed by atoms with E-state index in [9.17, 15) is 4.79 Å². The SMILES string of the molecule is CCC(=O)N1CCN(c2ccc(N3CCCCC3CC)nn2)CC1. The molecular formula is C18H29N5O. The first-order chi connectivity index (χ1) is 11.7. The van der Waals surface area contributed by atoms with E-state index < -0.39 is 0 Å². The highest BCUT2D eigenvalue weighted by Crippen LogP contribution is 2.25. The summed E-state index contributed by atoms with van der Waals surface area (Å²) in [7, 11) is 0. The third-order valence-corrected chi connectivity index (χ3v) is 5.29. The molecule has 1 unspecified atom stereocenters. The first-order valence-electron chi connectivity index (χ1n) is 9.36. The van der Waals surface area contributed by atoms with Gasteiger partial charge in [0.25, 0.3) is 0 Å². The molecule has 6 nitrogen and oxygen atoms in total. The highest BCUT2D eigenvalue weighted by atomic mass is 16.2. The lowest BCUT2D eigenvalue weighted by Gasteiger charge is -2.37. The fourth-order valence-electron chi connectivity index (χ4n) is 3.78. The Kier molecular flexibility index (Phi) is 5.53. The largest absolute Gasteiger partial charge is 0.352 e. The summed E-state index contributed by atoms with van der Waals surface area (Å²) >= 11 is 0. The maximum absolute atomic E-state index is 11.8. The van der Waals surface area contributed by atoms with E-state index in [4.69, 9.17) is 0 Å². The maximum Gasteiger partial charge on any atom is 0.222 e. The zero-order chi connectivity index (χ0) is 16.9. The van der Waals surface area contributed by atoms with E-state index in [-0.39, 0.29) is 5.91 Å². The van der Waals surface area contributed by atoms with Gasteiger partial charge in [-0.05, 0) is 37.8 Å². The minimum atomic E-state index is 0.242. The van der Waals surface area contributed by atoms with Crippen molar-refractivity contribution in [2.75, 3.05) is 42.5 Å². The summed E-state index contributed by atoms with van der Waals surface area (Å²) in [5, 5.41) is 8.97. The van der Waals surface area contributed by atoms with Gasteiger partial charge in [-0.25, -0.2) is 0 Å². The van der Waals surface area contributed by atoms with Crippen LogP contribution in [0.3, 0.4) is 0 Å². The Morgan fingerprint density at radius 2 is 1.75 bits per heavy atom. The summed E-state index contributed by atoms with van der Waals surface area (Å²) in [6.45, 7) is 8.48. The molecule has 2 fully saturated rings. The van der Waals surface area contributed by atoms with Crippen LogP contribution >= 0.6 is 0 Å². The second kappa shape index (κ2) is 7.81. The van der Waals surface area contributed by atoms with Crippen LogP contribution in [0.4, 0.5) is 11.6 Å². The van der Waals surface area contributed by atoms with Crippen molar-refractivity contribution in [1.29, 1.82) is 0 Å². The summed E-state index contributed by atoms with van der Waals surface area (Å²) in [6.07, 6.45) is 5.57. The third-order valence-electron chi connectivity index (χ3n) is 5.29. The van der Waals surface area contributed by atoms with Crippen molar-refractivity contribution in [2.24, 2.45) is 0 Å². The van der Waals surface area contributed by atoms with Gasteiger partial charge in [0.2, 0.25) is 5.91 Å². The second-order valence-corrected chi connectivity index (χ2v) is 6.72. The van der Waals surface area contributed by atoms with Crippen molar-refractivity contribution in [3.63, 3.8) is 0 Å². The normalized spacial score (nSPS) is 21.9. The molecule has 24 heavy (non-hydrogen) atoms. The Balaban J connectivity index is 1.62. The van der Waals surface area contributed by atoms with Crippen molar-refractivity contribution in [3.8, 4) is 0 Å². The molecule has 0 bridgehead atoms. The monoisotopic (exact) mass is 331 g/mol. The van der Waals surface area contributed by atoms with Crippen molar-refractivity contribution in [3.05, 3.63) is 12.1 Å². The lowest BCUT2D eigenvalue weighted by molar-refractivity contribution is -0.131. The summed E-state index contributed by atoms with van der Waals surface area (Å²) in [5.41, 5.74) is 0. The van der Waals surface area contributed by atoms with E-state index in [2.05, 4.69) is 39.1 Å². The number of nitrogens with zero attached hydrogens (tertiary/aromatic N) is 5. The van der Waals surface area contributed by atoms with Gasteiger partial charge in [-0.3, -0.25) is 4.79 Å².